The van der Waals surface area contributed by atoms with Gasteiger partial charge in [0.05, 0.1) is 17.6 Å². The normalized spacial score (nSPS) is 20.5. The highest BCUT2D eigenvalue weighted by atomic mass is 16.1. The molecule has 1 aliphatic rings. The van der Waals surface area contributed by atoms with Crippen LogP contribution >= 0.6 is 0 Å². The third-order valence-electron chi connectivity index (χ3n) is 5.10. The maximum Gasteiger partial charge on any atom is 0.217 e. The van der Waals surface area contributed by atoms with Crippen molar-refractivity contribution >= 4 is 16.9 Å². The number of para-hydroxylation sites is 2. The summed E-state index contributed by atoms with van der Waals surface area (Å²) in [6.07, 6.45) is 0. The van der Waals surface area contributed by atoms with E-state index in [2.05, 4.69) is 51.4 Å². The molecule has 1 fully saturated rings. The smallest absolute Gasteiger partial charge is 0.217 e. The summed E-state index contributed by atoms with van der Waals surface area (Å²) < 4.78 is 0. The van der Waals surface area contributed by atoms with Crippen molar-refractivity contribution in [2.75, 3.05) is 13.1 Å². The number of nitrogens with one attached hydrogen (secondary N) is 2. The van der Waals surface area contributed by atoms with Gasteiger partial charge in [0.1, 0.15) is 5.82 Å². The number of imidazole rings is 1. The molecule has 1 aliphatic heterocycles. The third-order valence-corrected chi connectivity index (χ3v) is 5.10. The Morgan fingerprint density at radius 3 is 2.69 bits per heavy atom. The summed E-state index contributed by atoms with van der Waals surface area (Å²) in [5, 5.41) is 3.14. The first-order valence-electron chi connectivity index (χ1n) is 9.08. The molecule has 2 N–H and O–H groups in total. The minimum atomic E-state index is 0.0256. The van der Waals surface area contributed by atoms with Gasteiger partial charge in [-0.3, -0.25) is 9.69 Å². The number of hydrogen-bond acceptors (Lipinski definition) is 3. The van der Waals surface area contributed by atoms with Gasteiger partial charge >= 0.3 is 0 Å². The SMILES string of the molecule is CC(=O)N[C@@H]1CN(Cc2nc3ccccc3[nH]2)C[C@H]1c1ccc(C)cc1. The van der Waals surface area contributed by atoms with Crippen molar-refractivity contribution in [2.24, 2.45) is 0 Å². The van der Waals surface area contributed by atoms with Gasteiger partial charge in [-0.1, -0.05) is 42.0 Å². The second-order valence-electron chi connectivity index (χ2n) is 7.22. The topological polar surface area (TPSA) is 61.0 Å². The standard InChI is InChI=1S/C21H24N4O/c1-14-7-9-16(10-8-14)17-11-25(12-20(17)22-15(2)26)13-21-23-18-5-3-4-6-19(18)24-21/h3-10,17,20H,11-13H2,1-2H3,(H,22,26)(H,23,24)/t17-,20+/m0/s1. The van der Waals surface area contributed by atoms with E-state index < -0.39 is 0 Å². The van der Waals surface area contributed by atoms with E-state index in [1.165, 1.54) is 11.1 Å². The summed E-state index contributed by atoms with van der Waals surface area (Å²) in [7, 11) is 0. The molecule has 0 unspecified atom stereocenters. The van der Waals surface area contributed by atoms with Crippen LogP contribution in [0.3, 0.4) is 0 Å². The molecule has 26 heavy (non-hydrogen) atoms. The van der Waals surface area contributed by atoms with E-state index >= 15 is 0 Å². The molecule has 2 aromatic carbocycles. The number of fused-ring (bicyclic) bond motifs is 1. The van der Waals surface area contributed by atoms with Gasteiger partial charge in [-0.05, 0) is 24.6 Å². The molecule has 3 aromatic rings. The van der Waals surface area contributed by atoms with Crippen molar-refractivity contribution in [3.63, 3.8) is 0 Å². The number of amides is 1. The molecule has 134 valence electrons. The van der Waals surface area contributed by atoms with E-state index in [9.17, 15) is 4.79 Å². The van der Waals surface area contributed by atoms with Gasteiger partial charge in [0.15, 0.2) is 0 Å². The summed E-state index contributed by atoms with van der Waals surface area (Å²) in [6, 6.07) is 16.9. The lowest BCUT2D eigenvalue weighted by Crippen LogP contribution is -2.38. The molecule has 5 heteroatoms. The van der Waals surface area contributed by atoms with Crippen LogP contribution < -0.4 is 5.32 Å². The number of carbonyl (C=O) groups excluding carboxylic acids is 1. The number of aromatic amines is 1. The lowest BCUT2D eigenvalue weighted by Gasteiger charge is -2.19. The van der Waals surface area contributed by atoms with Crippen molar-refractivity contribution in [3.8, 4) is 0 Å². The molecule has 0 bridgehead atoms. The molecular weight excluding hydrogens is 324 g/mol. The van der Waals surface area contributed by atoms with Crippen molar-refractivity contribution in [1.29, 1.82) is 0 Å². The highest BCUT2D eigenvalue weighted by molar-refractivity contribution is 5.74. The van der Waals surface area contributed by atoms with Crippen molar-refractivity contribution in [2.45, 2.75) is 32.4 Å². The Balaban J connectivity index is 1.53. The Kier molecular flexibility index (Phi) is 4.47. The quantitative estimate of drug-likeness (QED) is 0.762. The van der Waals surface area contributed by atoms with Gasteiger partial charge in [0, 0.05) is 32.0 Å². The van der Waals surface area contributed by atoms with Crippen molar-refractivity contribution in [3.05, 3.63) is 65.5 Å². The number of nitrogens with zero attached hydrogens (tertiary/aromatic N) is 2. The zero-order chi connectivity index (χ0) is 18.1. The number of benzene rings is 2. The Bertz CT molecular complexity index is 882. The summed E-state index contributed by atoms with van der Waals surface area (Å²) in [6.45, 7) is 6.18. The fourth-order valence-corrected chi connectivity index (χ4v) is 3.87. The second-order valence-corrected chi connectivity index (χ2v) is 7.22. The maximum absolute atomic E-state index is 11.7. The minimum Gasteiger partial charge on any atom is -0.352 e. The van der Waals surface area contributed by atoms with Crippen LogP contribution in [-0.4, -0.2) is 39.9 Å². The van der Waals surface area contributed by atoms with E-state index in [0.29, 0.717) is 5.92 Å². The first kappa shape index (κ1) is 16.8. The molecule has 1 aromatic heterocycles. The van der Waals surface area contributed by atoms with Gasteiger partial charge in [-0.25, -0.2) is 4.98 Å². The highest BCUT2D eigenvalue weighted by Crippen LogP contribution is 2.29. The molecule has 1 saturated heterocycles. The molecule has 1 amide bonds. The number of likely N-dealkylation sites (tertiary alicyclic amines) is 1. The van der Waals surface area contributed by atoms with Crippen molar-refractivity contribution < 1.29 is 4.79 Å². The lowest BCUT2D eigenvalue weighted by atomic mass is 9.93. The Morgan fingerprint density at radius 2 is 1.96 bits per heavy atom. The van der Waals surface area contributed by atoms with Crippen molar-refractivity contribution in [1.82, 2.24) is 20.2 Å². The predicted molar refractivity (Wildman–Crippen MR) is 103 cm³/mol. The van der Waals surface area contributed by atoms with E-state index in [-0.39, 0.29) is 11.9 Å². The van der Waals surface area contributed by atoms with Crippen LogP contribution in [0.1, 0.15) is 29.8 Å². The van der Waals surface area contributed by atoms with Crippen LogP contribution in [0.2, 0.25) is 0 Å². The monoisotopic (exact) mass is 348 g/mol. The molecule has 0 radical (unpaired) electrons. The van der Waals surface area contributed by atoms with Crippen LogP contribution in [0.25, 0.3) is 11.0 Å². The molecule has 4 rings (SSSR count). The molecule has 0 aliphatic carbocycles. The van der Waals surface area contributed by atoms with E-state index in [1.807, 2.05) is 24.3 Å². The van der Waals surface area contributed by atoms with Crippen LogP contribution in [0.15, 0.2) is 48.5 Å². The van der Waals surface area contributed by atoms with Gasteiger partial charge in [0.25, 0.3) is 0 Å². The summed E-state index contributed by atoms with van der Waals surface area (Å²) in [4.78, 5) is 22.1. The van der Waals surface area contributed by atoms with Crippen LogP contribution in [0, 0.1) is 6.92 Å². The average molecular weight is 348 g/mol. The fraction of sp³-hybridized carbons (Fsp3) is 0.333. The molecule has 0 spiro atoms. The zero-order valence-corrected chi connectivity index (χ0v) is 15.2. The molecule has 2 atom stereocenters. The van der Waals surface area contributed by atoms with E-state index in [4.69, 9.17) is 0 Å². The first-order valence-corrected chi connectivity index (χ1v) is 9.08. The van der Waals surface area contributed by atoms with Gasteiger partial charge in [-0.15, -0.1) is 0 Å². The summed E-state index contributed by atoms with van der Waals surface area (Å²) >= 11 is 0. The number of aromatic nitrogens is 2. The second kappa shape index (κ2) is 6.92. The number of carbonyl (C=O) groups is 1. The van der Waals surface area contributed by atoms with Gasteiger partial charge in [-0.2, -0.15) is 0 Å². The number of H-pyrrole nitrogens is 1. The Hall–Kier alpha value is -2.66. The lowest BCUT2D eigenvalue weighted by molar-refractivity contribution is -0.119. The zero-order valence-electron chi connectivity index (χ0n) is 15.2. The fourth-order valence-electron chi connectivity index (χ4n) is 3.87. The van der Waals surface area contributed by atoms with Gasteiger partial charge in [0.2, 0.25) is 5.91 Å². The number of hydrogen-bond donors (Lipinski definition) is 2. The number of aryl methyl sites for hydroxylation is 1. The molecular formula is C21H24N4O. The third kappa shape index (κ3) is 3.48. The van der Waals surface area contributed by atoms with E-state index in [0.717, 1.165) is 36.5 Å². The van der Waals surface area contributed by atoms with E-state index in [1.54, 1.807) is 6.92 Å². The van der Waals surface area contributed by atoms with Crippen LogP contribution in [-0.2, 0) is 11.3 Å². The Labute approximate surface area is 153 Å². The molecule has 5 nitrogen and oxygen atoms in total. The largest absolute Gasteiger partial charge is 0.352 e. The first-order chi connectivity index (χ1) is 12.6. The summed E-state index contributed by atoms with van der Waals surface area (Å²) in [5.74, 6) is 1.29. The predicted octanol–water partition coefficient (Wildman–Crippen LogP) is 2.98. The minimum absolute atomic E-state index is 0.0256. The molecule has 2 heterocycles. The number of rotatable bonds is 4. The van der Waals surface area contributed by atoms with Crippen LogP contribution in [0.5, 0.6) is 0 Å². The maximum atomic E-state index is 11.7. The summed E-state index contributed by atoms with van der Waals surface area (Å²) in [5.41, 5.74) is 4.59. The van der Waals surface area contributed by atoms with Crippen LogP contribution in [0.4, 0.5) is 0 Å². The van der Waals surface area contributed by atoms with Gasteiger partial charge < -0.3 is 10.3 Å². The Morgan fingerprint density at radius 1 is 1.19 bits per heavy atom. The molecule has 0 saturated carbocycles. The average Bonchev–Trinajstić information content (AvgIpc) is 3.18. The highest BCUT2D eigenvalue weighted by Gasteiger charge is 2.34.